The number of methoxy groups -OCH3 is 1. The van der Waals surface area contributed by atoms with E-state index in [9.17, 15) is 14.4 Å². The summed E-state index contributed by atoms with van der Waals surface area (Å²) in [5, 5.41) is 10.6. The number of benzene rings is 1. The molecule has 28 heavy (non-hydrogen) atoms. The van der Waals surface area contributed by atoms with Gasteiger partial charge in [0.05, 0.1) is 18.9 Å². The topological polar surface area (TPSA) is 132 Å². The molecule has 0 unspecified atom stereocenters. The molecule has 10 nitrogen and oxygen atoms in total. The molecular weight excluding hydrogens is 386 g/mol. The van der Waals surface area contributed by atoms with Gasteiger partial charge in [0.15, 0.2) is 0 Å². The quantitative estimate of drug-likeness (QED) is 0.532. The molecule has 0 saturated carbocycles. The van der Waals surface area contributed by atoms with Gasteiger partial charge in [0.25, 0.3) is 10.8 Å². The fraction of sp³-hybridized carbons (Fsp3) is 0.235. The monoisotopic (exact) mass is 403 g/mol. The van der Waals surface area contributed by atoms with Crippen LogP contribution >= 0.6 is 11.8 Å². The molecular formula is C17H17N5O5S. The lowest BCUT2D eigenvalue weighted by molar-refractivity contribution is -0.113. The Bertz CT molecular complexity index is 1060. The molecule has 0 saturated heterocycles. The summed E-state index contributed by atoms with van der Waals surface area (Å²) in [6, 6.07) is 10.4. The lowest BCUT2D eigenvalue weighted by Crippen LogP contribution is -2.34. The van der Waals surface area contributed by atoms with Crippen molar-refractivity contribution < 1.29 is 13.9 Å². The maximum absolute atomic E-state index is 12.2. The number of hydrogen-bond acceptors (Lipinski definition) is 8. The van der Waals surface area contributed by atoms with E-state index >= 15 is 0 Å². The van der Waals surface area contributed by atoms with Crippen LogP contribution < -0.4 is 16.6 Å². The van der Waals surface area contributed by atoms with Crippen molar-refractivity contribution in [3.05, 3.63) is 57.2 Å². The summed E-state index contributed by atoms with van der Waals surface area (Å²) in [4.78, 5) is 37.8. The van der Waals surface area contributed by atoms with Crippen molar-refractivity contribution in [1.82, 2.24) is 19.7 Å². The van der Waals surface area contributed by atoms with Gasteiger partial charge in [0, 0.05) is 18.7 Å². The summed E-state index contributed by atoms with van der Waals surface area (Å²) in [6.45, 7) is 0.423. The molecule has 0 aliphatic carbocycles. The van der Waals surface area contributed by atoms with Gasteiger partial charge < -0.3 is 14.5 Å². The highest BCUT2D eigenvalue weighted by molar-refractivity contribution is 7.99. The van der Waals surface area contributed by atoms with Crippen molar-refractivity contribution in [3.63, 3.8) is 0 Å². The van der Waals surface area contributed by atoms with Crippen LogP contribution in [0.3, 0.4) is 0 Å². The van der Waals surface area contributed by atoms with Crippen molar-refractivity contribution >= 4 is 23.5 Å². The number of amides is 1. The van der Waals surface area contributed by atoms with E-state index in [1.165, 1.54) is 11.7 Å². The average molecular weight is 403 g/mol. The van der Waals surface area contributed by atoms with E-state index in [-0.39, 0.29) is 29.9 Å². The number of nitrogens with one attached hydrogen (secondary N) is 2. The molecule has 1 aromatic carbocycles. The molecule has 11 heteroatoms. The second kappa shape index (κ2) is 9.15. The smallest absolute Gasteiger partial charge is 0.329 e. The number of aromatic amines is 1. The summed E-state index contributed by atoms with van der Waals surface area (Å²) in [5.41, 5.74) is -0.458. The number of carbonyl (C=O) groups is 1. The Kier molecular flexibility index (Phi) is 6.40. The Morgan fingerprint density at radius 1 is 1.29 bits per heavy atom. The van der Waals surface area contributed by atoms with E-state index in [0.29, 0.717) is 5.89 Å². The lowest BCUT2D eigenvalue weighted by atomic mass is 10.2. The molecule has 0 fully saturated rings. The Labute approximate surface area is 162 Å². The number of ether oxygens (including phenoxy) is 1. The first kappa shape index (κ1) is 19.6. The third-order valence-electron chi connectivity index (χ3n) is 3.57. The highest BCUT2D eigenvalue weighted by Gasteiger charge is 2.13. The number of H-pyrrole nitrogens is 1. The second-order valence-corrected chi connectivity index (χ2v) is 6.47. The minimum Gasteiger partial charge on any atom is -0.411 e. The van der Waals surface area contributed by atoms with Gasteiger partial charge in [-0.1, -0.05) is 30.0 Å². The van der Waals surface area contributed by atoms with E-state index in [2.05, 4.69) is 20.5 Å². The summed E-state index contributed by atoms with van der Waals surface area (Å²) in [7, 11) is 1.49. The number of hydrogen-bond donors (Lipinski definition) is 2. The number of rotatable bonds is 8. The largest absolute Gasteiger partial charge is 0.411 e. The van der Waals surface area contributed by atoms with Gasteiger partial charge in [-0.25, -0.2) is 4.79 Å². The number of thioether (sulfide) groups is 1. The normalized spacial score (nSPS) is 10.8. The Morgan fingerprint density at radius 2 is 2.07 bits per heavy atom. The molecule has 0 spiro atoms. The second-order valence-electron chi connectivity index (χ2n) is 5.54. The Morgan fingerprint density at radius 3 is 2.82 bits per heavy atom. The predicted molar refractivity (Wildman–Crippen MR) is 102 cm³/mol. The van der Waals surface area contributed by atoms with Crippen LogP contribution in [0.25, 0.3) is 11.5 Å². The zero-order chi connectivity index (χ0) is 19.9. The molecule has 2 heterocycles. The van der Waals surface area contributed by atoms with Crippen LogP contribution in [0.15, 0.2) is 55.6 Å². The predicted octanol–water partition coefficient (Wildman–Crippen LogP) is 0.964. The molecule has 1 amide bonds. The van der Waals surface area contributed by atoms with Crippen LogP contribution in [-0.4, -0.2) is 45.1 Å². The first-order chi connectivity index (χ1) is 13.6. The Balaban J connectivity index is 1.64. The first-order valence-electron chi connectivity index (χ1n) is 8.21. The van der Waals surface area contributed by atoms with Crippen molar-refractivity contribution in [2.75, 3.05) is 24.8 Å². The van der Waals surface area contributed by atoms with E-state index in [0.717, 1.165) is 23.4 Å². The molecule has 0 radical (unpaired) electrons. The van der Waals surface area contributed by atoms with E-state index in [4.69, 9.17) is 9.15 Å². The van der Waals surface area contributed by atoms with Crippen molar-refractivity contribution in [2.24, 2.45) is 0 Å². The maximum atomic E-state index is 12.2. The van der Waals surface area contributed by atoms with Crippen LogP contribution in [0, 0.1) is 0 Å². The number of nitrogens with zero attached hydrogens (tertiary/aromatic N) is 3. The van der Waals surface area contributed by atoms with Gasteiger partial charge in [-0.3, -0.25) is 19.1 Å². The number of anilines is 1. The zero-order valence-electron chi connectivity index (χ0n) is 14.9. The summed E-state index contributed by atoms with van der Waals surface area (Å²) in [5.74, 6) is -0.0270. The molecule has 2 aromatic heterocycles. The fourth-order valence-corrected chi connectivity index (χ4v) is 2.86. The van der Waals surface area contributed by atoms with Gasteiger partial charge in [-0.2, -0.15) is 0 Å². The van der Waals surface area contributed by atoms with Crippen LogP contribution in [0.1, 0.15) is 0 Å². The van der Waals surface area contributed by atoms with Crippen molar-refractivity contribution in [3.8, 4) is 11.5 Å². The lowest BCUT2D eigenvalue weighted by Gasteiger charge is -2.12. The first-order valence-corrected chi connectivity index (χ1v) is 9.20. The van der Waals surface area contributed by atoms with Crippen LogP contribution in [-0.2, 0) is 16.1 Å². The fourth-order valence-electron chi connectivity index (χ4n) is 2.30. The summed E-state index contributed by atoms with van der Waals surface area (Å²) < 4.78 is 11.7. The minimum atomic E-state index is -0.628. The standard InChI is InChI=1S/C17H17N5O5S/c1-26-8-7-22-12(9-13(23)19-16(22)25)18-14(24)10-28-17-21-20-15(27-17)11-5-3-2-4-6-11/h2-6,9H,7-8,10H2,1H3,(H,18,24)(H,19,23,25). The van der Waals surface area contributed by atoms with Crippen LogP contribution in [0.5, 0.6) is 0 Å². The van der Waals surface area contributed by atoms with Gasteiger partial charge in [-0.05, 0) is 12.1 Å². The van der Waals surface area contributed by atoms with Crippen LogP contribution in [0.2, 0.25) is 0 Å². The molecule has 146 valence electrons. The molecule has 2 N–H and O–H groups in total. The van der Waals surface area contributed by atoms with Gasteiger partial charge in [0.2, 0.25) is 11.8 Å². The Hall–Kier alpha value is -3.18. The summed E-state index contributed by atoms with van der Waals surface area (Å²) >= 11 is 1.05. The van der Waals surface area contributed by atoms with Crippen LogP contribution in [0.4, 0.5) is 5.82 Å². The number of carbonyl (C=O) groups excluding carboxylic acids is 1. The highest BCUT2D eigenvalue weighted by atomic mass is 32.2. The third kappa shape index (κ3) is 4.96. The maximum Gasteiger partial charge on any atom is 0.329 e. The van der Waals surface area contributed by atoms with Crippen molar-refractivity contribution in [1.29, 1.82) is 0 Å². The highest BCUT2D eigenvalue weighted by Crippen LogP contribution is 2.22. The minimum absolute atomic E-state index is 0.0400. The third-order valence-corrected chi connectivity index (χ3v) is 4.39. The van der Waals surface area contributed by atoms with E-state index in [1.807, 2.05) is 30.3 Å². The molecule has 0 aliphatic rings. The molecule has 3 rings (SSSR count). The van der Waals surface area contributed by atoms with E-state index in [1.54, 1.807) is 0 Å². The zero-order valence-corrected chi connectivity index (χ0v) is 15.7. The van der Waals surface area contributed by atoms with Gasteiger partial charge in [0.1, 0.15) is 5.82 Å². The molecule has 0 bridgehead atoms. The SMILES string of the molecule is COCCn1c(NC(=O)CSc2nnc(-c3ccccc3)o2)cc(=O)[nH]c1=O. The summed E-state index contributed by atoms with van der Waals surface area (Å²) in [6.07, 6.45) is 0. The van der Waals surface area contributed by atoms with E-state index < -0.39 is 17.2 Å². The molecule has 3 aromatic rings. The van der Waals surface area contributed by atoms with Gasteiger partial charge >= 0.3 is 5.69 Å². The molecule has 0 atom stereocenters. The van der Waals surface area contributed by atoms with Gasteiger partial charge in [-0.15, -0.1) is 10.2 Å². The van der Waals surface area contributed by atoms with Crippen molar-refractivity contribution in [2.45, 2.75) is 11.8 Å². The number of aromatic nitrogens is 4. The molecule has 0 aliphatic heterocycles. The average Bonchev–Trinajstić information content (AvgIpc) is 3.15.